The van der Waals surface area contributed by atoms with E-state index in [2.05, 4.69) is 15.4 Å². The summed E-state index contributed by atoms with van der Waals surface area (Å²) in [6, 6.07) is 7.68. The van der Waals surface area contributed by atoms with Crippen molar-refractivity contribution in [2.45, 2.75) is 6.54 Å². The Labute approximate surface area is 113 Å². The van der Waals surface area contributed by atoms with Gasteiger partial charge in [-0.15, -0.1) is 0 Å². The van der Waals surface area contributed by atoms with Crippen LogP contribution in [0.1, 0.15) is 0 Å². The van der Waals surface area contributed by atoms with Crippen LogP contribution in [0, 0.1) is 0 Å². The number of anilines is 1. The molecule has 3 aromatic rings. The normalized spacial score (nSPS) is 10.9. The van der Waals surface area contributed by atoms with Gasteiger partial charge < -0.3 is 5.32 Å². The molecule has 4 nitrogen and oxygen atoms in total. The number of nitrogens with one attached hydrogen (secondary N) is 1. The third-order valence-corrected chi connectivity index (χ3v) is 3.76. The summed E-state index contributed by atoms with van der Waals surface area (Å²) in [5, 5.41) is 9.07. The molecule has 0 saturated heterocycles. The van der Waals surface area contributed by atoms with Crippen molar-refractivity contribution in [2.24, 2.45) is 0 Å². The number of nitrogens with zero attached hydrogens (tertiary/aromatic N) is 3. The smallest absolute Gasteiger partial charge is 0.183 e. The number of thiazole rings is 1. The van der Waals surface area contributed by atoms with E-state index in [0.717, 1.165) is 33.5 Å². The monoisotopic (exact) mass is 278 g/mol. The summed E-state index contributed by atoms with van der Waals surface area (Å²) in [7, 11) is 0. The van der Waals surface area contributed by atoms with E-state index < -0.39 is 0 Å². The second-order valence-corrected chi connectivity index (χ2v) is 5.29. The van der Waals surface area contributed by atoms with Crippen LogP contribution in [0.5, 0.6) is 0 Å². The van der Waals surface area contributed by atoms with Crippen LogP contribution in [-0.4, -0.2) is 21.3 Å². The maximum atomic E-state index is 5.93. The SMILES string of the molecule is Clc1ccc2sc(NCCn3cccn3)nc2c1. The summed E-state index contributed by atoms with van der Waals surface area (Å²) in [6.45, 7) is 1.62. The van der Waals surface area contributed by atoms with E-state index in [1.54, 1.807) is 17.5 Å². The number of hydrogen-bond donors (Lipinski definition) is 1. The van der Waals surface area contributed by atoms with Crippen LogP contribution in [0.3, 0.4) is 0 Å². The maximum Gasteiger partial charge on any atom is 0.183 e. The molecule has 0 unspecified atom stereocenters. The molecule has 1 N–H and O–H groups in total. The molecule has 0 fully saturated rings. The topological polar surface area (TPSA) is 42.7 Å². The van der Waals surface area contributed by atoms with Crippen LogP contribution in [-0.2, 0) is 6.54 Å². The molecule has 6 heteroatoms. The number of hydrogen-bond acceptors (Lipinski definition) is 4. The molecule has 0 aliphatic heterocycles. The van der Waals surface area contributed by atoms with Crippen molar-refractivity contribution in [2.75, 3.05) is 11.9 Å². The molecule has 18 heavy (non-hydrogen) atoms. The van der Waals surface area contributed by atoms with Crippen LogP contribution < -0.4 is 5.32 Å². The van der Waals surface area contributed by atoms with E-state index in [0.29, 0.717) is 0 Å². The first-order valence-corrected chi connectivity index (χ1v) is 6.78. The van der Waals surface area contributed by atoms with Gasteiger partial charge in [0.1, 0.15) is 0 Å². The predicted octanol–water partition coefficient (Wildman–Crippen LogP) is 3.26. The molecule has 0 bridgehead atoms. The fourth-order valence-corrected chi connectivity index (χ4v) is 2.72. The van der Waals surface area contributed by atoms with E-state index in [9.17, 15) is 0 Å². The van der Waals surface area contributed by atoms with E-state index in [-0.39, 0.29) is 0 Å². The van der Waals surface area contributed by atoms with E-state index in [1.807, 2.05) is 35.1 Å². The Balaban J connectivity index is 1.67. The van der Waals surface area contributed by atoms with Gasteiger partial charge in [0.05, 0.1) is 16.8 Å². The number of aromatic nitrogens is 3. The lowest BCUT2D eigenvalue weighted by Gasteiger charge is -2.02. The minimum atomic E-state index is 0.718. The Morgan fingerprint density at radius 3 is 3.17 bits per heavy atom. The molecule has 2 heterocycles. The largest absolute Gasteiger partial charge is 0.360 e. The number of halogens is 1. The highest BCUT2D eigenvalue weighted by Crippen LogP contribution is 2.27. The van der Waals surface area contributed by atoms with Gasteiger partial charge in [-0.3, -0.25) is 4.68 Å². The van der Waals surface area contributed by atoms with Gasteiger partial charge in [-0.25, -0.2) is 4.98 Å². The molecular weight excluding hydrogens is 268 g/mol. The molecule has 0 atom stereocenters. The van der Waals surface area contributed by atoms with Crippen LogP contribution in [0.25, 0.3) is 10.2 Å². The highest BCUT2D eigenvalue weighted by Gasteiger charge is 2.03. The average Bonchev–Trinajstić information content (AvgIpc) is 2.97. The molecule has 0 amide bonds. The summed E-state index contributed by atoms with van der Waals surface area (Å²) < 4.78 is 3.03. The zero-order valence-electron chi connectivity index (χ0n) is 9.51. The second kappa shape index (κ2) is 4.96. The van der Waals surface area contributed by atoms with Crippen molar-refractivity contribution in [1.29, 1.82) is 0 Å². The molecule has 2 aromatic heterocycles. The Hall–Kier alpha value is -1.59. The van der Waals surface area contributed by atoms with Gasteiger partial charge in [0.2, 0.25) is 0 Å². The van der Waals surface area contributed by atoms with Gasteiger partial charge >= 0.3 is 0 Å². The third-order valence-electron chi connectivity index (χ3n) is 2.53. The standard InChI is InChI=1S/C12H11ClN4S/c13-9-2-3-11-10(8-9)16-12(18-11)14-5-7-17-6-1-4-15-17/h1-4,6,8H,5,7H2,(H,14,16). The van der Waals surface area contributed by atoms with E-state index in [1.165, 1.54) is 0 Å². The Morgan fingerprint density at radius 2 is 2.33 bits per heavy atom. The summed E-state index contributed by atoms with van der Waals surface area (Å²) in [4.78, 5) is 4.49. The highest BCUT2D eigenvalue weighted by atomic mass is 35.5. The minimum absolute atomic E-state index is 0.718. The molecule has 0 radical (unpaired) electrons. The van der Waals surface area contributed by atoms with Crippen molar-refractivity contribution >= 4 is 38.3 Å². The lowest BCUT2D eigenvalue weighted by molar-refractivity contribution is 0.638. The molecule has 3 rings (SSSR count). The second-order valence-electron chi connectivity index (χ2n) is 3.83. The third kappa shape index (κ3) is 2.47. The number of rotatable bonds is 4. The van der Waals surface area contributed by atoms with Crippen LogP contribution in [0.2, 0.25) is 5.02 Å². The Bertz CT molecular complexity index is 647. The summed E-state index contributed by atoms with van der Waals surface area (Å²) >= 11 is 7.57. The summed E-state index contributed by atoms with van der Waals surface area (Å²) in [5.41, 5.74) is 0.939. The van der Waals surface area contributed by atoms with Crippen LogP contribution in [0.15, 0.2) is 36.7 Å². The van der Waals surface area contributed by atoms with E-state index in [4.69, 9.17) is 11.6 Å². The fraction of sp³-hybridized carbons (Fsp3) is 0.167. The minimum Gasteiger partial charge on any atom is -0.360 e. The first-order valence-electron chi connectivity index (χ1n) is 5.59. The van der Waals surface area contributed by atoms with Crippen molar-refractivity contribution in [3.8, 4) is 0 Å². The predicted molar refractivity (Wildman–Crippen MR) is 75.3 cm³/mol. The molecule has 0 saturated carbocycles. The number of benzene rings is 1. The molecule has 0 spiro atoms. The maximum absolute atomic E-state index is 5.93. The zero-order valence-corrected chi connectivity index (χ0v) is 11.1. The molecule has 0 aliphatic rings. The Kier molecular flexibility index (Phi) is 3.17. The van der Waals surface area contributed by atoms with Crippen molar-refractivity contribution in [3.63, 3.8) is 0 Å². The zero-order chi connectivity index (χ0) is 12.4. The van der Waals surface area contributed by atoms with Crippen LogP contribution in [0.4, 0.5) is 5.13 Å². The molecule has 0 aliphatic carbocycles. The van der Waals surface area contributed by atoms with Crippen molar-refractivity contribution in [3.05, 3.63) is 41.7 Å². The average molecular weight is 279 g/mol. The lowest BCUT2D eigenvalue weighted by Crippen LogP contribution is -2.10. The van der Waals surface area contributed by atoms with Gasteiger partial charge in [-0.1, -0.05) is 22.9 Å². The summed E-state index contributed by atoms with van der Waals surface area (Å²) in [5.74, 6) is 0. The van der Waals surface area contributed by atoms with Crippen LogP contribution >= 0.6 is 22.9 Å². The highest BCUT2D eigenvalue weighted by molar-refractivity contribution is 7.22. The number of fused-ring (bicyclic) bond motifs is 1. The molecule has 92 valence electrons. The van der Waals surface area contributed by atoms with E-state index >= 15 is 0 Å². The van der Waals surface area contributed by atoms with Crippen molar-refractivity contribution < 1.29 is 0 Å². The van der Waals surface area contributed by atoms with Gasteiger partial charge in [-0.2, -0.15) is 5.10 Å². The molecule has 1 aromatic carbocycles. The van der Waals surface area contributed by atoms with Gasteiger partial charge in [0.25, 0.3) is 0 Å². The first-order chi connectivity index (χ1) is 8.81. The fourth-order valence-electron chi connectivity index (χ4n) is 1.69. The van der Waals surface area contributed by atoms with Crippen molar-refractivity contribution in [1.82, 2.24) is 14.8 Å². The Morgan fingerprint density at radius 1 is 1.39 bits per heavy atom. The summed E-state index contributed by atoms with van der Waals surface area (Å²) in [6.07, 6.45) is 3.72. The van der Waals surface area contributed by atoms with Gasteiger partial charge in [0.15, 0.2) is 5.13 Å². The first kappa shape index (κ1) is 11.5. The van der Waals surface area contributed by atoms with Gasteiger partial charge in [-0.05, 0) is 24.3 Å². The lowest BCUT2D eigenvalue weighted by atomic mass is 10.3. The van der Waals surface area contributed by atoms with Gasteiger partial charge in [0, 0.05) is 24.0 Å². The quantitative estimate of drug-likeness (QED) is 0.796. The molecular formula is C12H11ClN4S.